The number of rotatable bonds is 5. The molecular formula is C21H29N. The normalized spacial score (nSPS) is 26.2. The molecule has 2 unspecified atom stereocenters. The fourth-order valence-electron chi connectivity index (χ4n) is 3.65. The number of aliphatic imine (C=N–C) groups is 1. The lowest BCUT2D eigenvalue weighted by molar-refractivity contribution is 0.545. The second-order valence-electron chi connectivity index (χ2n) is 6.85. The SMILES string of the molecule is C=CC(=C)C1=N/C(=C(\CCC)C(C)C)C2C1=CC(C)=CC2C. The average molecular weight is 295 g/mol. The zero-order chi connectivity index (χ0) is 16.4. The molecule has 0 aromatic heterocycles. The third-order valence-corrected chi connectivity index (χ3v) is 4.67. The summed E-state index contributed by atoms with van der Waals surface area (Å²) in [5.41, 5.74) is 7.44. The third-order valence-electron chi connectivity index (χ3n) is 4.67. The fourth-order valence-corrected chi connectivity index (χ4v) is 3.65. The third kappa shape index (κ3) is 2.95. The van der Waals surface area contributed by atoms with E-state index in [1.807, 2.05) is 6.08 Å². The van der Waals surface area contributed by atoms with Crippen LogP contribution in [0.15, 0.2) is 64.4 Å². The Morgan fingerprint density at radius 3 is 2.64 bits per heavy atom. The zero-order valence-corrected chi connectivity index (χ0v) is 14.7. The maximum atomic E-state index is 5.05. The van der Waals surface area contributed by atoms with Crippen LogP contribution in [-0.4, -0.2) is 5.71 Å². The van der Waals surface area contributed by atoms with Crippen LogP contribution in [-0.2, 0) is 0 Å². The molecule has 0 aromatic carbocycles. The number of hydrogen-bond donors (Lipinski definition) is 0. The molecule has 0 fully saturated rings. The maximum absolute atomic E-state index is 5.05. The molecule has 22 heavy (non-hydrogen) atoms. The Hall–Kier alpha value is -1.63. The van der Waals surface area contributed by atoms with Crippen LogP contribution >= 0.6 is 0 Å². The summed E-state index contributed by atoms with van der Waals surface area (Å²) in [4.78, 5) is 5.05. The van der Waals surface area contributed by atoms with Crippen molar-refractivity contribution in [3.05, 3.63) is 59.4 Å². The van der Waals surface area contributed by atoms with E-state index in [0.29, 0.717) is 17.8 Å². The highest BCUT2D eigenvalue weighted by molar-refractivity contribution is 6.17. The molecule has 1 aliphatic heterocycles. The molecular weight excluding hydrogens is 266 g/mol. The standard InChI is InChI=1S/C21H29N/c1-8-10-17(13(3)4)21-19-16(7)11-14(5)12-18(19)20(22-21)15(6)9-2/h9,11-13,16,19H,2,6,8,10H2,1,3-5,7H3/b21-17+. The molecule has 2 atom stereocenters. The Morgan fingerprint density at radius 2 is 2.09 bits per heavy atom. The van der Waals surface area contributed by atoms with E-state index < -0.39 is 0 Å². The van der Waals surface area contributed by atoms with Gasteiger partial charge in [-0.05, 0) is 41.9 Å². The van der Waals surface area contributed by atoms with E-state index in [2.05, 4.69) is 59.9 Å². The highest BCUT2D eigenvalue weighted by Gasteiger charge is 2.37. The van der Waals surface area contributed by atoms with Crippen molar-refractivity contribution < 1.29 is 0 Å². The van der Waals surface area contributed by atoms with Gasteiger partial charge in [-0.15, -0.1) is 0 Å². The molecule has 1 heteroatoms. The second-order valence-corrected chi connectivity index (χ2v) is 6.85. The van der Waals surface area contributed by atoms with E-state index in [9.17, 15) is 0 Å². The molecule has 1 aliphatic carbocycles. The summed E-state index contributed by atoms with van der Waals surface area (Å²) < 4.78 is 0. The predicted molar refractivity (Wildman–Crippen MR) is 98.0 cm³/mol. The van der Waals surface area contributed by atoms with Crippen molar-refractivity contribution in [2.75, 3.05) is 0 Å². The minimum atomic E-state index is 0.388. The number of fused-ring (bicyclic) bond motifs is 1. The summed E-state index contributed by atoms with van der Waals surface area (Å²) in [6.07, 6.45) is 8.78. The highest BCUT2D eigenvalue weighted by atomic mass is 14.8. The summed E-state index contributed by atoms with van der Waals surface area (Å²) >= 11 is 0. The Balaban J connectivity index is 2.63. The van der Waals surface area contributed by atoms with Crippen molar-refractivity contribution in [1.29, 1.82) is 0 Å². The highest BCUT2D eigenvalue weighted by Crippen LogP contribution is 2.45. The number of nitrogens with zero attached hydrogens (tertiary/aromatic N) is 1. The van der Waals surface area contributed by atoms with Crippen LogP contribution in [0.1, 0.15) is 47.5 Å². The fraction of sp³-hybridized carbons (Fsp3) is 0.476. The van der Waals surface area contributed by atoms with Crippen LogP contribution in [0.25, 0.3) is 0 Å². The van der Waals surface area contributed by atoms with Crippen LogP contribution < -0.4 is 0 Å². The summed E-state index contributed by atoms with van der Waals surface area (Å²) in [5.74, 6) is 1.41. The van der Waals surface area contributed by atoms with E-state index in [1.54, 1.807) is 0 Å². The Kier molecular flexibility index (Phi) is 5.05. The molecule has 0 aromatic rings. The first-order valence-corrected chi connectivity index (χ1v) is 8.44. The quantitative estimate of drug-likeness (QED) is 0.549. The molecule has 1 heterocycles. The lowest BCUT2D eigenvalue weighted by Gasteiger charge is -2.26. The van der Waals surface area contributed by atoms with E-state index in [0.717, 1.165) is 17.7 Å². The van der Waals surface area contributed by atoms with Gasteiger partial charge < -0.3 is 0 Å². The molecule has 0 spiro atoms. The van der Waals surface area contributed by atoms with Crippen LogP contribution in [0.5, 0.6) is 0 Å². The van der Waals surface area contributed by atoms with Gasteiger partial charge in [0.15, 0.2) is 0 Å². The van der Waals surface area contributed by atoms with Gasteiger partial charge >= 0.3 is 0 Å². The monoisotopic (exact) mass is 295 g/mol. The van der Waals surface area contributed by atoms with Gasteiger partial charge in [-0.2, -0.15) is 0 Å². The van der Waals surface area contributed by atoms with Crippen molar-refractivity contribution in [2.24, 2.45) is 22.7 Å². The van der Waals surface area contributed by atoms with Gasteiger partial charge in [-0.1, -0.05) is 71.1 Å². The first-order chi connectivity index (χ1) is 10.4. The summed E-state index contributed by atoms with van der Waals surface area (Å²) in [7, 11) is 0. The minimum Gasteiger partial charge on any atom is -0.252 e. The Morgan fingerprint density at radius 1 is 1.41 bits per heavy atom. The molecule has 2 aliphatic rings. The first-order valence-electron chi connectivity index (χ1n) is 8.44. The van der Waals surface area contributed by atoms with Gasteiger partial charge in [0.1, 0.15) is 0 Å². The van der Waals surface area contributed by atoms with E-state index in [-0.39, 0.29) is 0 Å². The summed E-state index contributed by atoms with van der Waals surface area (Å²) in [6.45, 7) is 19.3. The molecule has 0 saturated carbocycles. The Bertz CT molecular complexity index is 608. The van der Waals surface area contributed by atoms with E-state index in [4.69, 9.17) is 4.99 Å². The second kappa shape index (κ2) is 6.64. The largest absolute Gasteiger partial charge is 0.252 e. The minimum absolute atomic E-state index is 0.388. The van der Waals surface area contributed by atoms with Crippen LogP contribution in [0.4, 0.5) is 0 Å². The van der Waals surface area contributed by atoms with E-state index >= 15 is 0 Å². The topological polar surface area (TPSA) is 12.4 Å². The molecule has 0 N–H and O–H groups in total. The van der Waals surface area contributed by atoms with Gasteiger partial charge in [0, 0.05) is 11.6 Å². The van der Waals surface area contributed by atoms with E-state index in [1.165, 1.54) is 28.8 Å². The molecule has 0 amide bonds. The van der Waals surface area contributed by atoms with Crippen molar-refractivity contribution in [3.8, 4) is 0 Å². The molecule has 118 valence electrons. The molecule has 1 nitrogen and oxygen atoms in total. The van der Waals surface area contributed by atoms with Crippen molar-refractivity contribution in [3.63, 3.8) is 0 Å². The van der Waals surface area contributed by atoms with Crippen molar-refractivity contribution in [1.82, 2.24) is 0 Å². The molecule has 0 bridgehead atoms. The molecule has 2 rings (SSSR count). The van der Waals surface area contributed by atoms with Gasteiger partial charge in [0.05, 0.1) is 5.71 Å². The van der Waals surface area contributed by atoms with Gasteiger partial charge in [0.25, 0.3) is 0 Å². The van der Waals surface area contributed by atoms with Crippen molar-refractivity contribution >= 4 is 5.71 Å². The lowest BCUT2D eigenvalue weighted by atomic mass is 9.76. The summed E-state index contributed by atoms with van der Waals surface area (Å²) in [5, 5.41) is 0. The number of hydrogen-bond acceptors (Lipinski definition) is 1. The smallest absolute Gasteiger partial charge is 0.0738 e. The van der Waals surface area contributed by atoms with Gasteiger partial charge in [-0.25, -0.2) is 0 Å². The first kappa shape index (κ1) is 16.7. The van der Waals surface area contributed by atoms with Crippen LogP contribution in [0.2, 0.25) is 0 Å². The Labute approximate surface area is 135 Å². The van der Waals surface area contributed by atoms with Crippen molar-refractivity contribution in [2.45, 2.75) is 47.5 Å². The van der Waals surface area contributed by atoms with Gasteiger partial charge in [0.2, 0.25) is 0 Å². The number of allylic oxidation sites excluding steroid dienone is 7. The lowest BCUT2D eigenvalue weighted by Crippen LogP contribution is -2.19. The average Bonchev–Trinajstić information content (AvgIpc) is 2.82. The predicted octanol–water partition coefficient (Wildman–Crippen LogP) is 6.03. The molecule has 0 radical (unpaired) electrons. The zero-order valence-electron chi connectivity index (χ0n) is 14.7. The maximum Gasteiger partial charge on any atom is 0.0738 e. The van der Waals surface area contributed by atoms with Crippen LogP contribution in [0.3, 0.4) is 0 Å². The van der Waals surface area contributed by atoms with Crippen LogP contribution in [0, 0.1) is 17.8 Å². The molecule has 0 saturated heterocycles. The summed E-state index contributed by atoms with van der Waals surface area (Å²) in [6, 6.07) is 0. The van der Waals surface area contributed by atoms with Gasteiger partial charge in [-0.3, -0.25) is 4.99 Å².